The van der Waals surface area contributed by atoms with E-state index >= 15 is 0 Å². The molecule has 0 saturated heterocycles. The van der Waals surface area contributed by atoms with E-state index in [4.69, 9.17) is 10.9 Å². The molecule has 0 spiro atoms. The van der Waals surface area contributed by atoms with Crippen molar-refractivity contribution in [1.29, 1.82) is 0 Å². The minimum absolute atomic E-state index is 0.0478. The third-order valence-corrected chi connectivity index (χ3v) is 5.11. The number of nitrogen functional groups attached to an aromatic ring is 1. The Balaban J connectivity index is 2.03. The van der Waals surface area contributed by atoms with Crippen LogP contribution in [-0.2, 0) is 10.0 Å². The van der Waals surface area contributed by atoms with Gasteiger partial charge in [0, 0.05) is 6.54 Å². The average Bonchev–Trinajstić information content (AvgIpc) is 2.38. The van der Waals surface area contributed by atoms with E-state index in [2.05, 4.69) is 12.2 Å². The molecule has 0 aliphatic heterocycles. The molecule has 1 fully saturated rings. The Labute approximate surface area is 120 Å². The fraction of sp³-hybridized carbons (Fsp3) is 0.571. The number of benzene rings is 1. The quantitative estimate of drug-likeness (QED) is 0.742. The molecule has 1 saturated carbocycles. The summed E-state index contributed by atoms with van der Waals surface area (Å²) < 4.78 is 22.5. The zero-order valence-corrected chi connectivity index (χ0v) is 12.6. The van der Waals surface area contributed by atoms with Crippen molar-refractivity contribution < 1.29 is 8.42 Å². The van der Waals surface area contributed by atoms with Gasteiger partial charge in [0.2, 0.25) is 10.0 Å². The van der Waals surface area contributed by atoms with E-state index in [0.717, 1.165) is 18.2 Å². The van der Waals surface area contributed by atoms with Gasteiger partial charge < -0.3 is 11.1 Å². The number of nitrogens with one attached hydrogen (secondary N) is 1. The first-order chi connectivity index (χ1) is 9.38. The Morgan fingerprint density at radius 3 is 2.60 bits per heavy atom. The van der Waals surface area contributed by atoms with E-state index in [1.54, 1.807) is 6.07 Å². The van der Waals surface area contributed by atoms with Crippen LogP contribution in [0.5, 0.6) is 0 Å². The Kier molecular flexibility index (Phi) is 4.55. The highest BCUT2D eigenvalue weighted by atomic mass is 32.2. The van der Waals surface area contributed by atoms with Gasteiger partial charge in [0.15, 0.2) is 0 Å². The molecule has 1 aromatic rings. The summed E-state index contributed by atoms with van der Waals surface area (Å²) in [6.07, 6.45) is 5.13. The zero-order valence-electron chi connectivity index (χ0n) is 11.8. The highest BCUT2D eigenvalue weighted by molar-refractivity contribution is 7.89. The maximum absolute atomic E-state index is 11.2. The van der Waals surface area contributed by atoms with Gasteiger partial charge in [-0.05, 0) is 36.5 Å². The molecule has 0 amide bonds. The highest BCUT2D eigenvalue weighted by Crippen LogP contribution is 2.30. The van der Waals surface area contributed by atoms with Crippen molar-refractivity contribution in [2.45, 2.75) is 37.5 Å². The average molecular weight is 297 g/mol. The third-order valence-electron chi connectivity index (χ3n) is 4.20. The van der Waals surface area contributed by atoms with Crippen LogP contribution in [0.1, 0.15) is 32.6 Å². The van der Waals surface area contributed by atoms with Gasteiger partial charge in [-0.2, -0.15) is 0 Å². The second-order valence-corrected chi connectivity index (χ2v) is 7.26. The Morgan fingerprint density at radius 2 is 2.00 bits per heavy atom. The Morgan fingerprint density at radius 1 is 1.30 bits per heavy atom. The molecule has 1 aliphatic rings. The molecule has 2 rings (SSSR count). The number of rotatable bonds is 4. The summed E-state index contributed by atoms with van der Waals surface area (Å²) in [5, 5.41) is 8.41. The largest absolute Gasteiger partial charge is 0.397 e. The first kappa shape index (κ1) is 15.1. The van der Waals surface area contributed by atoms with Crippen molar-refractivity contribution >= 4 is 21.4 Å². The minimum Gasteiger partial charge on any atom is -0.397 e. The molecular formula is C14H23N3O2S. The lowest BCUT2D eigenvalue weighted by atomic mass is 9.80. The number of hydrogen-bond acceptors (Lipinski definition) is 4. The Hall–Kier alpha value is -1.27. The lowest BCUT2D eigenvalue weighted by molar-refractivity contribution is 0.268. The van der Waals surface area contributed by atoms with Gasteiger partial charge in [0.25, 0.3) is 0 Å². The van der Waals surface area contributed by atoms with Crippen LogP contribution >= 0.6 is 0 Å². The second-order valence-electron chi connectivity index (χ2n) is 5.70. The third kappa shape index (κ3) is 3.64. The monoisotopic (exact) mass is 297 g/mol. The van der Waals surface area contributed by atoms with Crippen LogP contribution < -0.4 is 16.2 Å². The first-order valence-electron chi connectivity index (χ1n) is 7.04. The van der Waals surface area contributed by atoms with E-state index in [9.17, 15) is 8.42 Å². The normalized spacial score (nSPS) is 23.5. The van der Waals surface area contributed by atoms with Crippen molar-refractivity contribution in [2.24, 2.45) is 17.0 Å². The standard InChI is InChI=1S/C14H23N3O2S/c1-10-4-2-3-5-11(10)9-17-14-7-6-12(8-13(14)15)20(16,18)19/h6-8,10-11,17H,2-5,9,15H2,1H3,(H2,16,18,19). The first-order valence-corrected chi connectivity index (χ1v) is 8.59. The molecule has 5 nitrogen and oxygen atoms in total. The minimum atomic E-state index is -3.69. The molecule has 112 valence electrons. The summed E-state index contributed by atoms with van der Waals surface area (Å²) in [5.74, 6) is 1.38. The molecule has 20 heavy (non-hydrogen) atoms. The van der Waals surface area contributed by atoms with Crippen LogP contribution in [0.2, 0.25) is 0 Å². The Bertz CT molecular complexity index is 572. The molecule has 0 heterocycles. The van der Waals surface area contributed by atoms with Gasteiger partial charge in [-0.25, -0.2) is 13.6 Å². The molecule has 0 aromatic heterocycles. The van der Waals surface area contributed by atoms with Crippen LogP contribution in [0.3, 0.4) is 0 Å². The van der Waals surface area contributed by atoms with E-state index < -0.39 is 10.0 Å². The van der Waals surface area contributed by atoms with Gasteiger partial charge in [-0.3, -0.25) is 0 Å². The van der Waals surface area contributed by atoms with Crippen LogP contribution in [0.4, 0.5) is 11.4 Å². The summed E-state index contributed by atoms with van der Waals surface area (Å²) in [6.45, 7) is 3.17. The maximum Gasteiger partial charge on any atom is 0.238 e. The number of nitrogens with two attached hydrogens (primary N) is 2. The lowest BCUT2D eigenvalue weighted by Gasteiger charge is -2.29. The predicted octanol–water partition coefficient (Wildman–Crippen LogP) is 2.15. The number of sulfonamides is 1. The number of primary sulfonamides is 1. The molecule has 5 N–H and O–H groups in total. The number of hydrogen-bond donors (Lipinski definition) is 3. The second kappa shape index (κ2) is 6.01. The SMILES string of the molecule is CC1CCCCC1CNc1ccc(S(N)(=O)=O)cc1N. The number of anilines is 2. The van der Waals surface area contributed by atoms with Crippen LogP contribution in [-0.4, -0.2) is 15.0 Å². The van der Waals surface area contributed by atoms with E-state index in [-0.39, 0.29) is 4.90 Å². The maximum atomic E-state index is 11.2. The summed E-state index contributed by atoms with van der Waals surface area (Å²) in [6, 6.07) is 4.57. The molecule has 0 bridgehead atoms. The van der Waals surface area contributed by atoms with Gasteiger partial charge in [0.05, 0.1) is 16.3 Å². The summed E-state index contributed by atoms with van der Waals surface area (Å²) in [7, 11) is -3.69. The van der Waals surface area contributed by atoms with Crippen molar-refractivity contribution in [3.05, 3.63) is 18.2 Å². The van der Waals surface area contributed by atoms with Crippen LogP contribution in [0.25, 0.3) is 0 Å². The van der Waals surface area contributed by atoms with E-state index in [1.807, 2.05) is 0 Å². The molecule has 2 unspecified atom stereocenters. The van der Waals surface area contributed by atoms with E-state index in [1.165, 1.54) is 37.8 Å². The summed E-state index contributed by atoms with van der Waals surface area (Å²) in [4.78, 5) is 0.0478. The highest BCUT2D eigenvalue weighted by Gasteiger charge is 2.21. The van der Waals surface area contributed by atoms with E-state index in [0.29, 0.717) is 11.6 Å². The van der Waals surface area contributed by atoms with Crippen molar-refractivity contribution in [3.8, 4) is 0 Å². The molecule has 2 atom stereocenters. The van der Waals surface area contributed by atoms with Crippen molar-refractivity contribution in [2.75, 3.05) is 17.6 Å². The lowest BCUT2D eigenvalue weighted by Crippen LogP contribution is -2.24. The van der Waals surface area contributed by atoms with Gasteiger partial charge in [-0.1, -0.05) is 26.2 Å². The summed E-state index contributed by atoms with van der Waals surface area (Å²) >= 11 is 0. The fourth-order valence-corrected chi connectivity index (χ4v) is 3.37. The van der Waals surface area contributed by atoms with Crippen molar-refractivity contribution in [1.82, 2.24) is 0 Å². The predicted molar refractivity (Wildman–Crippen MR) is 81.8 cm³/mol. The molecule has 0 radical (unpaired) electrons. The summed E-state index contributed by atoms with van der Waals surface area (Å²) in [5.41, 5.74) is 7.08. The topological polar surface area (TPSA) is 98.2 Å². The van der Waals surface area contributed by atoms with Gasteiger partial charge in [-0.15, -0.1) is 0 Å². The zero-order chi connectivity index (χ0) is 14.8. The van der Waals surface area contributed by atoms with Crippen LogP contribution in [0, 0.1) is 11.8 Å². The fourth-order valence-electron chi connectivity index (χ4n) is 2.82. The molecule has 6 heteroatoms. The van der Waals surface area contributed by atoms with Crippen LogP contribution in [0.15, 0.2) is 23.1 Å². The molecule has 1 aliphatic carbocycles. The van der Waals surface area contributed by atoms with Crippen molar-refractivity contribution in [3.63, 3.8) is 0 Å². The smallest absolute Gasteiger partial charge is 0.238 e. The molecule has 1 aromatic carbocycles. The van der Waals surface area contributed by atoms with Gasteiger partial charge >= 0.3 is 0 Å². The van der Waals surface area contributed by atoms with Gasteiger partial charge in [0.1, 0.15) is 0 Å². The molecular weight excluding hydrogens is 274 g/mol.